The smallest absolute Gasteiger partial charge is 0.260 e. The largest absolute Gasteiger partial charge is 0.492 e. The first kappa shape index (κ1) is 19.8. The first-order valence-electron chi connectivity index (χ1n) is 9.23. The molecule has 0 aliphatic carbocycles. The summed E-state index contributed by atoms with van der Waals surface area (Å²) >= 11 is 0. The summed E-state index contributed by atoms with van der Waals surface area (Å²) in [5, 5.41) is 2.85. The third-order valence-electron chi connectivity index (χ3n) is 4.15. The van der Waals surface area contributed by atoms with Crippen LogP contribution in [-0.2, 0) is 11.2 Å². The number of ether oxygens (including phenoxy) is 2. The fourth-order valence-corrected chi connectivity index (χ4v) is 2.61. The Hall–Kier alpha value is -2.49. The number of aryl methyl sites for hydroxylation is 3. The Morgan fingerprint density at radius 2 is 1.85 bits per heavy atom. The number of hydrogen-bond donors (Lipinski definition) is 1. The molecule has 4 heteroatoms. The molecule has 2 aromatic carbocycles. The summed E-state index contributed by atoms with van der Waals surface area (Å²) in [7, 11) is 0. The quantitative estimate of drug-likeness (QED) is 0.685. The average Bonchev–Trinajstić information content (AvgIpc) is 2.63. The molecule has 26 heavy (non-hydrogen) atoms. The third-order valence-corrected chi connectivity index (χ3v) is 4.15. The fraction of sp³-hybridized carbons (Fsp3) is 0.409. The lowest BCUT2D eigenvalue weighted by atomic mass is 10.1. The molecule has 2 aromatic rings. The normalized spacial score (nSPS) is 11.7. The van der Waals surface area contributed by atoms with Crippen molar-refractivity contribution in [3.8, 4) is 11.5 Å². The Bertz CT molecular complexity index is 710. The Morgan fingerprint density at radius 3 is 2.54 bits per heavy atom. The van der Waals surface area contributed by atoms with E-state index in [1.54, 1.807) is 6.92 Å². The van der Waals surface area contributed by atoms with Gasteiger partial charge in [-0.15, -0.1) is 0 Å². The van der Waals surface area contributed by atoms with Crippen LogP contribution in [0.4, 0.5) is 0 Å². The van der Waals surface area contributed by atoms with Crippen LogP contribution in [0, 0.1) is 13.8 Å². The van der Waals surface area contributed by atoms with Crippen LogP contribution in [0.5, 0.6) is 11.5 Å². The lowest BCUT2D eigenvalue weighted by molar-refractivity contribution is -0.127. The van der Waals surface area contributed by atoms with Crippen LogP contribution in [0.15, 0.2) is 42.5 Å². The third kappa shape index (κ3) is 6.10. The van der Waals surface area contributed by atoms with Crippen molar-refractivity contribution < 1.29 is 14.3 Å². The second-order valence-electron chi connectivity index (χ2n) is 6.56. The Labute approximate surface area is 156 Å². The summed E-state index contributed by atoms with van der Waals surface area (Å²) in [6.45, 7) is 8.76. The van der Waals surface area contributed by atoms with Crippen LogP contribution in [-0.4, -0.2) is 25.2 Å². The van der Waals surface area contributed by atoms with Crippen molar-refractivity contribution in [1.82, 2.24) is 5.32 Å². The molecule has 0 aliphatic heterocycles. The molecule has 0 radical (unpaired) electrons. The van der Waals surface area contributed by atoms with Gasteiger partial charge in [0, 0.05) is 0 Å². The summed E-state index contributed by atoms with van der Waals surface area (Å²) in [6, 6.07) is 14.1. The van der Waals surface area contributed by atoms with Crippen LogP contribution < -0.4 is 14.8 Å². The number of carbonyl (C=O) groups is 1. The minimum absolute atomic E-state index is 0.146. The van der Waals surface area contributed by atoms with Crippen LogP contribution in [0.3, 0.4) is 0 Å². The van der Waals surface area contributed by atoms with Gasteiger partial charge in [0.15, 0.2) is 6.10 Å². The van der Waals surface area contributed by atoms with Gasteiger partial charge in [0.25, 0.3) is 5.91 Å². The van der Waals surface area contributed by atoms with Crippen molar-refractivity contribution in [3.63, 3.8) is 0 Å². The second-order valence-corrected chi connectivity index (χ2v) is 6.56. The number of carbonyl (C=O) groups excluding carboxylic acids is 1. The zero-order chi connectivity index (χ0) is 18.9. The highest BCUT2D eigenvalue weighted by Crippen LogP contribution is 2.20. The number of amides is 1. The van der Waals surface area contributed by atoms with E-state index in [-0.39, 0.29) is 5.91 Å². The summed E-state index contributed by atoms with van der Waals surface area (Å²) in [4.78, 5) is 12.2. The van der Waals surface area contributed by atoms with Gasteiger partial charge in [-0.2, -0.15) is 0 Å². The molecule has 1 unspecified atom stereocenters. The Morgan fingerprint density at radius 1 is 1.12 bits per heavy atom. The SMILES string of the molecule is CCCc1ccc(OCCNC(=O)C(C)Oc2cc(C)ccc2C)cc1. The summed E-state index contributed by atoms with van der Waals surface area (Å²) in [6.07, 6.45) is 1.66. The van der Waals surface area contributed by atoms with Crippen LogP contribution in [0.25, 0.3) is 0 Å². The molecule has 0 heterocycles. The van der Waals surface area contributed by atoms with Crippen molar-refractivity contribution in [1.29, 1.82) is 0 Å². The highest BCUT2D eigenvalue weighted by Gasteiger charge is 2.15. The lowest BCUT2D eigenvalue weighted by Gasteiger charge is -2.17. The van der Waals surface area contributed by atoms with E-state index in [1.165, 1.54) is 5.56 Å². The molecular weight excluding hydrogens is 326 g/mol. The number of benzene rings is 2. The standard InChI is InChI=1S/C22H29NO3/c1-5-6-19-9-11-20(12-10-19)25-14-13-23-22(24)18(4)26-21-15-16(2)7-8-17(21)3/h7-12,15,18H,5-6,13-14H2,1-4H3,(H,23,24). The van der Waals surface area contributed by atoms with E-state index in [0.717, 1.165) is 35.5 Å². The molecule has 140 valence electrons. The van der Waals surface area contributed by atoms with Crippen molar-refractivity contribution >= 4 is 5.91 Å². The zero-order valence-corrected chi connectivity index (χ0v) is 16.2. The molecule has 0 aromatic heterocycles. The molecule has 1 atom stereocenters. The minimum atomic E-state index is -0.552. The molecular formula is C22H29NO3. The number of nitrogens with one attached hydrogen (secondary N) is 1. The van der Waals surface area contributed by atoms with Gasteiger partial charge in [-0.25, -0.2) is 0 Å². The summed E-state index contributed by atoms with van der Waals surface area (Å²) in [5.74, 6) is 1.42. The van der Waals surface area contributed by atoms with Crippen LogP contribution in [0.2, 0.25) is 0 Å². The van der Waals surface area contributed by atoms with Gasteiger partial charge in [-0.05, 0) is 62.1 Å². The minimum Gasteiger partial charge on any atom is -0.492 e. The molecule has 2 rings (SSSR count). The van der Waals surface area contributed by atoms with Gasteiger partial charge < -0.3 is 14.8 Å². The summed E-state index contributed by atoms with van der Waals surface area (Å²) < 4.78 is 11.5. The molecule has 0 saturated carbocycles. The predicted octanol–water partition coefficient (Wildman–Crippen LogP) is 4.22. The Balaban J connectivity index is 1.73. The monoisotopic (exact) mass is 355 g/mol. The Kier molecular flexibility index (Phi) is 7.52. The topological polar surface area (TPSA) is 47.6 Å². The molecule has 4 nitrogen and oxygen atoms in total. The summed E-state index contributed by atoms with van der Waals surface area (Å²) in [5.41, 5.74) is 3.44. The van der Waals surface area contributed by atoms with E-state index in [1.807, 2.05) is 44.2 Å². The molecule has 1 N–H and O–H groups in total. The highest BCUT2D eigenvalue weighted by atomic mass is 16.5. The second kappa shape index (κ2) is 9.85. The van der Waals surface area contributed by atoms with Gasteiger partial charge >= 0.3 is 0 Å². The number of rotatable bonds is 9. The first-order chi connectivity index (χ1) is 12.5. The highest BCUT2D eigenvalue weighted by molar-refractivity contribution is 5.80. The lowest BCUT2D eigenvalue weighted by Crippen LogP contribution is -2.38. The predicted molar refractivity (Wildman–Crippen MR) is 105 cm³/mol. The van der Waals surface area contributed by atoms with Crippen molar-refractivity contribution in [2.75, 3.05) is 13.2 Å². The van der Waals surface area contributed by atoms with E-state index in [0.29, 0.717) is 13.2 Å². The maximum absolute atomic E-state index is 12.2. The van der Waals surface area contributed by atoms with E-state index in [9.17, 15) is 4.79 Å². The van der Waals surface area contributed by atoms with Crippen molar-refractivity contribution in [3.05, 3.63) is 59.2 Å². The van der Waals surface area contributed by atoms with E-state index < -0.39 is 6.10 Å². The average molecular weight is 355 g/mol. The number of hydrogen-bond acceptors (Lipinski definition) is 3. The van der Waals surface area contributed by atoms with E-state index in [2.05, 4.69) is 24.4 Å². The van der Waals surface area contributed by atoms with Crippen molar-refractivity contribution in [2.45, 2.75) is 46.6 Å². The van der Waals surface area contributed by atoms with Gasteiger partial charge in [0.1, 0.15) is 18.1 Å². The molecule has 1 amide bonds. The maximum atomic E-state index is 12.2. The van der Waals surface area contributed by atoms with Gasteiger partial charge in [0.05, 0.1) is 6.54 Å². The van der Waals surface area contributed by atoms with E-state index >= 15 is 0 Å². The zero-order valence-electron chi connectivity index (χ0n) is 16.2. The van der Waals surface area contributed by atoms with Crippen LogP contribution >= 0.6 is 0 Å². The van der Waals surface area contributed by atoms with Gasteiger partial charge in [0.2, 0.25) is 0 Å². The van der Waals surface area contributed by atoms with Gasteiger partial charge in [-0.3, -0.25) is 4.79 Å². The molecule has 0 fully saturated rings. The molecule has 0 saturated heterocycles. The first-order valence-corrected chi connectivity index (χ1v) is 9.23. The fourth-order valence-electron chi connectivity index (χ4n) is 2.61. The van der Waals surface area contributed by atoms with E-state index in [4.69, 9.17) is 9.47 Å². The van der Waals surface area contributed by atoms with Crippen molar-refractivity contribution in [2.24, 2.45) is 0 Å². The maximum Gasteiger partial charge on any atom is 0.260 e. The molecule has 0 spiro atoms. The molecule has 0 aliphatic rings. The molecule has 0 bridgehead atoms. The van der Waals surface area contributed by atoms with Gasteiger partial charge in [-0.1, -0.05) is 37.6 Å². The van der Waals surface area contributed by atoms with Crippen LogP contribution in [0.1, 0.15) is 37.0 Å².